The number of carboxylic acid groups (broad SMARTS) is 1. The van der Waals surface area contributed by atoms with Crippen molar-refractivity contribution in [1.82, 2.24) is 73.3 Å². The molecule has 0 bridgehead atoms. The number of ketones is 3. The summed E-state index contributed by atoms with van der Waals surface area (Å²) >= 11 is 12.2. The number of carboxylic acids is 1. The lowest BCUT2D eigenvalue weighted by Gasteiger charge is -2.36. The highest BCUT2D eigenvalue weighted by Crippen LogP contribution is 2.48. The highest BCUT2D eigenvalue weighted by atomic mass is 35.5. The first kappa shape index (κ1) is 107. The van der Waals surface area contributed by atoms with E-state index in [2.05, 4.69) is 141 Å². The molecule has 4 aliphatic carbocycles. The molecule has 4 unspecified atom stereocenters. The quantitative estimate of drug-likeness (QED) is 0.0121. The summed E-state index contributed by atoms with van der Waals surface area (Å²) in [6, 6.07) is 17.6. The highest BCUT2D eigenvalue weighted by molar-refractivity contribution is 6.74. The Morgan fingerprint density at radius 3 is 1.14 bits per heavy atom. The predicted molar refractivity (Wildman–Crippen MR) is 529 cm³/mol. The van der Waals surface area contributed by atoms with Crippen LogP contribution in [0, 0.1) is 23.7 Å². The summed E-state index contributed by atoms with van der Waals surface area (Å²) in [7, 11) is 7.22. The average molecular weight is 1970 g/mol. The van der Waals surface area contributed by atoms with Crippen LogP contribution in [0.5, 0.6) is 17.6 Å². The number of nitrogens with two attached hydrogens (primary N) is 2. The summed E-state index contributed by atoms with van der Waals surface area (Å²) in [6.07, 6.45) is 13.4. The molecule has 11 heterocycles. The van der Waals surface area contributed by atoms with Crippen molar-refractivity contribution in [1.29, 1.82) is 0 Å². The third kappa shape index (κ3) is 28.0. The fraction of sp³-hybridized carbons (Fsp3) is 0.505. The number of aromatic carboxylic acids is 1. The van der Waals surface area contributed by atoms with Crippen molar-refractivity contribution < 1.29 is 81.0 Å². The molecule has 15 rings (SSSR count). The highest BCUT2D eigenvalue weighted by Gasteiger charge is 2.50. The number of aliphatic hydroxyl groups is 1. The second kappa shape index (κ2) is 43.2. The largest absolute Gasteiger partial charge is 0.480 e. The zero-order valence-electron chi connectivity index (χ0n) is 82.9. The number of Topliss-reactive ketones (excluding diaryl/α,β-unsaturated/α-hetero) is 3. The molecule has 8 atom stereocenters. The Morgan fingerprint density at radius 2 is 0.810 bits per heavy atom. The van der Waals surface area contributed by atoms with Crippen LogP contribution in [-0.2, 0) is 23.1 Å². The lowest BCUT2D eigenvalue weighted by Crippen LogP contribution is -2.41. The summed E-state index contributed by atoms with van der Waals surface area (Å²) in [4.78, 5) is 122. The van der Waals surface area contributed by atoms with E-state index in [9.17, 15) is 38.7 Å². The third-order valence-corrected chi connectivity index (χ3v) is 32.7. The number of pyridine rings is 3. The molecule has 4 saturated carbocycles. The van der Waals surface area contributed by atoms with Gasteiger partial charge in [0.15, 0.2) is 56.6 Å². The van der Waals surface area contributed by atoms with Crippen LogP contribution in [0.2, 0.25) is 46.6 Å². The van der Waals surface area contributed by atoms with Crippen molar-refractivity contribution in [3.8, 4) is 17.6 Å². The Kier molecular flexibility index (Phi) is 33.6. The van der Waals surface area contributed by atoms with Crippen LogP contribution in [0.4, 0.5) is 66.4 Å². The first-order chi connectivity index (χ1) is 63.8. The lowest BCUT2D eigenvalue weighted by molar-refractivity contribution is 0.0577. The third-order valence-electron chi connectivity index (χ3n) is 23.3. The molecule has 0 spiro atoms. The maximum Gasteiger partial charge on any atom is 0.415 e. The topological polar surface area (TPSA) is 491 Å². The minimum atomic E-state index is -1.92. The summed E-state index contributed by atoms with van der Waals surface area (Å²) in [5.41, 5.74) is 12.8. The fourth-order valence-electron chi connectivity index (χ4n) is 13.0. The van der Waals surface area contributed by atoms with E-state index in [-0.39, 0.29) is 90.8 Å². The first-order valence-corrected chi connectivity index (χ1v) is 51.3. The van der Waals surface area contributed by atoms with Crippen LogP contribution in [0.15, 0.2) is 104 Å². The van der Waals surface area contributed by atoms with Gasteiger partial charge in [0.1, 0.15) is 79.0 Å². The van der Waals surface area contributed by atoms with Gasteiger partial charge in [0.2, 0.25) is 17.6 Å². The van der Waals surface area contributed by atoms with Gasteiger partial charge in [0.05, 0.1) is 74.6 Å². The number of aromatic nitrogens is 15. The number of halogens is 2. The van der Waals surface area contributed by atoms with Crippen LogP contribution in [0.25, 0.3) is 22.6 Å². The SMILES string of the molecule is CC1C[C@H]1N.CN(C(=O)OC(C)(C)C)c1cc(Cl)nc2c(C(=O)CC3C[C@@H]3O[Si](C)(C)C(C)(C)C)cnn12.CN(C(=O)OC(C)(C)C)c1cc(Cl)nc2c(C(=O)O)cnn12.CNc1cc(Nc2cccnc2OC)nc2c(C(=O)CC3C[C@@H]3O)cnn12.COc1ncccc1N.COc1ncccc1Nc1cc(N(C)C(=O)OC(C)(C)C)n2ncc(C(=O)CC3C[C@@H]3O[Si](C)(C)C(C)(C)C)c2n1. The number of carbonyl (C=O) groups excluding carboxylic acids is 6. The van der Waals surface area contributed by atoms with E-state index in [1.807, 2.05) is 6.07 Å². The Labute approximate surface area is 808 Å². The van der Waals surface area contributed by atoms with Gasteiger partial charge in [-0.1, -0.05) is 71.7 Å². The minimum absolute atomic E-state index is 0.0391. The van der Waals surface area contributed by atoms with Gasteiger partial charge < -0.3 is 74.9 Å². The maximum absolute atomic E-state index is 13.6. The van der Waals surface area contributed by atoms with E-state index in [0.717, 1.165) is 25.0 Å². The summed E-state index contributed by atoms with van der Waals surface area (Å²) in [6.45, 7) is 40.3. The van der Waals surface area contributed by atoms with E-state index < -0.39 is 57.7 Å². The summed E-state index contributed by atoms with van der Waals surface area (Å²) in [5, 5.41) is 45.5. The van der Waals surface area contributed by atoms with Crippen LogP contribution < -0.4 is 56.3 Å². The van der Waals surface area contributed by atoms with Gasteiger partial charge in [-0.05, 0) is 184 Å². The Morgan fingerprint density at radius 1 is 0.489 bits per heavy atom. The molecule has 0 aromatic carbocycles. The molecule has 4 fully saturated rings. The fourth-order valence-corrected chi connectivity index (χ4v) is 16.2. The number of nitrogens with zero attached hydrogens (tertiary/aromatic N) is 18. The number of hydrogen-bond acceptors (Lipinski definition) is 32. The molecule has 11 aromatic heterocycles. The molecule has 0 radical (unpaired) electrons. The van der Waals surface area contributed by atoms with Crippen molar-refractivity contribution in [3.05, 3.63) is 137 Å². The molecule has 0 aliphatic heterocycles. The smallest absolute Gasteiger partial charge is 0.415 e. The molecule has 40 nitrogen and oxygen atoms in total. The maximum atomic E-state index is 13.6. The van der Waals surface area contributed by atoms with Gasteiger partial charge in [-0.2, -0.15) is 38.5 Å². The van der Waals surface area contributed by atoms with Gasteiger partial charge in [0, 0.05) is 109 Å². The average Bonchev–Trinajstić information content (AvgIpc) is 1.51. The Bertz CT molecular complexity index is 6190. The van der Waals surface area contributed by atoms with Gasteiger partial charge in [0.25, 0.3) is 0 Å². The summed E-state index contributed by atoms with van der Waals surface area (Å²) < 4.78 is 50.4. The van der Waals surface area contributed by atoms with E-state index in [1.54, 1.807) is 163 Å². The molecule has 137 heavy (non-hydrogen) atoms. The number of fused-ring (bicyclic) bond motifs is 4. The Hall–Kier alpha value is -12.3. The van der Waals surface area contributed by atoms with Crippen LogP contribution in [-0.4, -0.2) is 232 Å². The normalized spacial score (nSPS) is 17.6. The molecule has 4 aliphatic rings. The number of nitrogens with one attached hydrogen (secondary N) is 3. The molecule has 740 valence electrons. The molecular formula is C93H129Cl2N23O17Si2. The molecule has 9 N–H and O–H groups in total. The standard InChI is InChI=1S/C29H42N6O5Si.C23H35ClN4O4Si.C18H20N6O3.C13H15ClN4O4.C6H8N2O.C4H9N/c1-28(2,3)39-27(37)34(7)24-16-23(32-20-12-11-13-30-26(20)38-8)33-25-19(17-31-35(24)25)21(36)14-18-15-22(18)40-41(9,10)29(4,5)6;1-22(2,3)31-21(30)27(7)19-12-18(24)26-20-15(13-25-28(19)20)16(29)10-14-11-17(14)32-33(8,9)23(4,5)6;1-19-16-8-15(22-12-4-3-5-20-18(12)27-2)23-17-11(9-21-24(16)17)14(26)7-10-6-13(10)25;1-13(2,3)22-12(21)17(4)9-5-8(14)16-10-7(11(19)20)6-15-18(9)10;1-9-6-5(7)3-2-4-8-6;1-3-2-4(3)5/h11-13,16-18,22H,14-15H2,1-10H3,(H,32,33);12-14,17H,10-11H2,1-9H3;3-5,8-10,13,19,25H,6-7H2,1-2H3,(H,22,23);5-6H,1-4H3,(H,19,20);2-4H,7H2,1H3;3-4H,2,5H2,1H3/t18?,22-;14?,17-;10?,13-;;;3?,4-/m000..1/s1. The van der Waals surface area contributed by atoms with E-state index in [4.69, 9.17) is 82.0 Å². The number of ether oxygens (including phenoxy) is 6. The number of carbonyl (C=O) groups is 7. The molecule has 3 amide bonds. The lowest BCUT2D eigenvalue weighted by atomic mass is 10.1. The van der Waals surface area contributed by atoms with E-state index >= 15 is 0 Å². The number of hydrogen-bond donors (Lipinski definition) is 7. The van der Waals surface area contributed by atoms with Crippen molar-refractivity contribution in [3.63, 3.8) is 0 Å². The number of amides is 3. The predicted octanol–water partition coefficient (Wildman–Crippen LogP) is 17.3. The van der Waals surface area contributed by atoms with Crippen molar-refractivity contribution in [2.24, 2.45) is 29.4 Å². The van der Waals surface area contributed by atoms with E-state index in [1.165, 1.54) is 79.5 Å². The monoisotopic (exact) mass is 1970 g/mol. The number of anilines is 9. The molecule has 44 heteroatoms. The zero-order chi connectivity index (χ0) is 101. The van der Waals surface area contributed by atoms with Gasteiger partial charge in [-0.15, -0.1) is 0 Å². The number of aliphatic hydroxyl groups excluding tert-OH is 1. The number of methoxy groups -OCH3 is 3. The van der Waals surface area contributed by atoms with E-state index in [0.29, 0.717) is 129 Å². The molecule has 0 saturated heterocycles. The zero-order valence-corrected chi connectivity index (χ0v) is 86.4. The van der Waals surface area contributed by atoms with Gasteiger partial charge >= 0.3 is 24.2 Å². The van der Waals surface area contributed by atoms with Gasteiger partial charge in [-0.25, -0.2) is 54.1 Å². The van der Waals surface area contributed by atoms with Crippen molar-refractivity contribution in [2.75, 3.05) is 85.9 Å². The molecule has 11 aromatic rings. The van der Waals surface area contributed by atoms with Crippen LogP contribution in [0.1, 0.15) is 197 Å². The van der Waals surface area contributed by atoms with Crippen LogP contribution in [0.3, 0.4) is 0 Å². The van der Waals surface area contributed by atoms with Crippen molar-refractivity contribution in [2.45, 2.75) is 233 Å². The number of nitrogen functional groups attached to an aromatic ring is 1. The van der Waals surface area contributed by atoms with Crippen molar-refractivity contribution >= 4 is 156 Å². The minimum Gasteiger partial charge on any atom is -0.480 e. The van der Waals surface area contributed by atoms with Gasteiger partial charge in [-0.3, -0.25) is 29.1 Å². The second-order valence-corrected chi connectivity index (χ2v) is 50.2. The summed E-state index contributed by atoms with van der Waals surface area (Å²) in [5.74, 6) is 3.72. The second-order valence-electron chi connectivity index (χ2n) is 39.9. The number of rotatable bonds is 25. The molecular weight excluding hydrogens is 1840 g/mol. The first-order valence-electron chi connectivity index (χ1n) is 44.7. The Balaban J connectivity index is 0.000000183. The van der Waals surface area contributed by atoms with Crippen LogP contribution >= 0.6 is 23.2 Å².